The molecule has 2 aliphatic rings. The van der Waals surface area contributed by atoms with E-state index >= 15 is 0 Å². The Labute approximate surface area is 134 Å². The van der Waals surface area contributed by atoms with E-state index in [1.54, 1.807) is 0 Å². The molecule has 2 atom stereocenters. The first-order chi connectivity index (χ1) is 9.72. The summed E-state index contributed by atoms with van der Waals surface area (Å²) >= 11 is 5.44. The number of hydrogen-bond acceptors (Lipinski definition) is 3. The maximum atomic E-state index is 6.24. The first-order valence-electron chi connectivity index (χ1n) is 7.78. The molecule has 2 fully saturated rings. The van der Waals surface area contributed by atoms with Crippen LogP contribution in [0.3, 0.4) is 0 Å². The van der Waals surface area contributed by atoms with E-state index in [1.165, 1.54) is 54.3 Å². The SMILES string of the molecule is CNC(c1cc(Br)cs1)C1CCOC2(CCCCC2)C1. The Bertz CT molecular complexity index is 436. The molecule has 1 N–H and O–H groups in total. The van der Waals surface area contributed by atoms with E-state index in [9.17, 15) is 0 Å². The van der Waals surface area contributed by atoms with E-state index in [0.717, 1.165) is 6.61 Å². The molecule has 2 heterocycles. The average molecular weight is 358 g/mol. The molecule has 1 aromatic heterocycles. The van der Waals surface area contributed by atoms with Gasteiger partial charge in [-0.2, -0.15) is 0 Å². The van der Waals surface area contributed by atoms with Gasteiger partial charge < -0.3 is 10.1 Å². The second kappa shape index (κ2) is 6.47. The summed E-state index contributed by atoms with van der Waals surface area (Å²) in [6.45, 7) is 0.940. The van der Waals surface area contributed by atoms with Crippen LogP contribution in [0.1, 0.15) is 55.9 Å². The normalized spacial score (nSPS) is 27.6. The molecular weight excluding hydrogens is 334 g/mol. The van der Waals surface area contributed by atoms with Gasteiger partial charge in [-0.25, -0.2) is 0 Å². The van der Waals surface area contributed by atoms with E-state index < -0.39 is 0 Å². The lowest BCUT2D eigenvalue weighted by molar-refractivity contribution is -0.121. The van der Waals surface area contributed by atoms with Crippen molar-refractivity contribution < 1.29 is 4.74 Å². The van der Waals surface area contributed by atoms with E-state index in [1.807, 2.05) is 11.3 Å². The van der Waals surface area contributed by atoms with E-state index in [0.29, 0.717) is 12.0 Å². The third-order valence-electron chi connectivity index (χ3n) is 4.97. The third kappa shape index (κ3) is 3.13. The molecule has 1 saturated carbocycles. The summed E-state index contributed by atoms with van der Waals surface area (Å²) in [5, 5.41) is 5.75. The van der Waals surface area contributed by atoms with Crippen LogP contribution in [-0.4, -0.2) is 19.3 Å². The van der Waals surface area contributed by atoms with Crippen LogP contribution < -0.4 is 5.32 Å². The number of rotatable bonds is 3. The highest BCUT2D eigenvalue weighted by Gasteiger charge is 2.41. The Morgan fingerprint density at radius 1 is 1.40 bits per heavy atom. The van der Waals surface area contributed by atoms with Crippen molar-refractivity contribution in [1.29, 1.82) is 0 Å². The molecule has 1 aliphatic heterocycles. The van der Waals surface area contributed by atoms with Gasteiger partial charge in [-0.1, -0.05) is 19.3 Å². The fourth-order valence-electron chi connectivity index (χ4n) is 4.00. The summed E-state index contributed by atoms with van der Waals surface area (Å²) in [7, 11) is 2.10. The molecule has 4 heteroatoms. The van der Waals surface area contributed by atoms with Crippen molar-refractivity contribution in [1.82, 2.24) is 5.32 Å². The Hall–Kier alpha value is 0.1000. The van der Waals surface area contributed by atoms with Gasteiger partial charge in [-0.15, -0.1) is 11.3 Å². The predicted octanol–water partition coefficient (Wildman–Crippen LogP) is 4.90. The van der Waals surface area contributed by atoms with Gasteiger partial charge in [-0.3, -0.25) is 0 Å². The summed E-state index contributed by atoms with van der Waals surface area (Å²) in [4.78, 5) is 1.46. The topological polar surface area (TPSA) is 21.3 Å². The Morgan fingerprint density at radius 3 is 2.85 bits per heavy atom. The summed E-state index contributed by atoms with van der Waals surface area (Å²) in [5.74, 6) is 0.706. The minimum absolute atomic E-state index is 0.199. The van der Waals surface area contributed by atoms with Gasteiger partial charge in [0.1, 0.15) is 0 Å². The van der Waals surface area contributed by atoms with Crippen LogP contribution >= 0.6 is 27.3 Å². The van der Waals surface area contributed by atoms with Crippen LogP contribution in [0.5, 0.6) is 0 Å². The van der Waals surface area contributed by atoms with Crippen LogP contribution in [0.4, 0.5) is 0 Å². The van der Waals surface area contributed by atoms with Gasteiger partial charge in [0, 0.05) is 27.4 Å². The van der Waals surface area contributed by atoms with Crippen molar-refractivity contribution in [3.63, 3.8) is 0 Å². The molecule has 2 unspecified atom stereocenters. The van der Waals surface area contributed by atoms with Crippen LogP contribution in [0.15, 0.2) is 15.9 Å². The highest BCUT2D eigenvalue weighted by molar-refractivity contribution is 9.10. The fraction of sp³-hybridized carbons (Fsp3) is 0.750. The molecule has 3 rings (SSSR count). The first-order valence-corrected chi connectivity index (χ1v) is 9.45. The lowest BCUT2D eigenvalue weighted by Crippen LogP contribution is -2.44. The quantitative estimate of drug-likeness (QED) is 0.830. The minimum Gasteiger partial charge on any atom is -0.375 e. The monoisotopic (exact) mass is 357 g/mol. The summed E-state index contributed by atoms with van der Waals surface area (Å²) in [5.41, 5.74) is 0.199. The molecule has 1 aliphatic carbocycles. The van der Waals surface area contributed by atoms with Crippen LogP contribution in [0.2, 0.25) is 0 Å². The van der Waals surface area contributed by atoms with Crippen LogP contribution in [0, 0.1) is 5.92 Å². The van der Waals surface area contributed by atoms with Gasteiger partial charge >= 0.3 is 0 Å². The highest BCUT2D eigenvalue weighted by atomic mass is 79.9. The van der Waals surface area contributed by atoms with Crippen molar-refractivity contribution in [3.8, 4) is 0 Å². The Balaban J connectivity index is 1.74. The summed E-state index contributed by atoms with van der Waals surface area (Å²) in [6, 6.07) is 2.75. The van der Waals surface area contributed by atoms with Gasteiger partial charge in [0.15, 0.2) is 0 Å². The van der Waals surface area contributed by atoms with Crippen molar-refractivity contribution in [2.45, 2.75) is 56.6 Å². The first kappa shape index (κ1) is 15.0. The molecule has 2 nitrogen and oxygen atoms in total. The maximum Gasteiger partial charge on any atom is 0.0686 e. The van der Waals surface area contributed by atoms with Crippen LogP contribution in [0.25, 0.3) is 0 Å². The van der Waals surface area contributed by atoms with Gasteiger partial charge in [0.2, 0.25) is 0 Å². The fourth-order valence-corrected chi connectivity index (χ4v) is 5.64. The van der Waals surface area contributed by atoms with Gasteiger partial charge in [0.05, 0.1) is 5.60 Å². The van der Waals surface area contributed by atoms with Crippen molar-refractivity contribution in [2.75, 3.05) is 13.7 Å². The molecule has 20 heavy (non-hydrogen) atoms. The molecule has 1 saturated heterocycles. The molecule has 0 bridgehead atoms. The van der Waals surface area contributed by atoms with E-state index in [2.05, 4.69) is 39.7 Å². The molecule has 1 spiro atoms. The largest absolute Gasteiger partial charge is 0.375 e. The zero-order valence-corrected chi connectivity index (χ0v) is 14.6. The number of ether oxygens (including phenoxy) is 1. The summed E-state index contributed by atoms with van der Waals surface area (Å²) < 4.78 is 7.44. The highest BCUT2D eigenvalue weighted by Crippen LogP contribution is 2.45. The second-order valence-corrected chi connectivity index (χ2v) is 8.14. The molecule has 112 valence electrons. The smallest absolute Gasteiger partial charge is 0.0686 e. The standard InChI is InChI=1S/C16H24BrNOS/c1-18-15(14-9-13(17)11-20-14)12-5-8-19-16(10-12)6-3-2-4-7-16/h9,11-12,15,18H,2-8,10H2,1H3. The number of thiophene rings is 1. The van der Waals surface area contributed by atoms with Crippen molar-refractivity contribution in [2.24, 2.45) is 5.92 Å². The van der Waals surface area contributed by atoms with E-state index in [-0.39, 0.29) is 5.60 Å². The Morgan fingerprint density at radius 2 is 2.20 bits per heavy atom. The Kier molecular flexibility index (Phi) is 4.86. The third-order valence-corrected chi connectivity index (χ3v) is 6.75. The zero-order chi connectivity index (χ0) is 14.0. The average Bonchev–Trinajstić information content (AvgIpc) is 2.87. The molecule has 0 amide bonds. The molecule has 0 radical (unpaired) electrons. The number of hydrogen-bond donors (Lipinski definition) is 1. The lowest BCUT2D eigenvalue weighted by atomic mass is 9.74. The predicted molar refractivity (Wildman–Crippen MR) is 88.3 cm³/mol. The number of nitrogens with one attached hydrogen (secondary N) is 1. The van der Waals surface area contributed by atoms with Crippen LogP contribution in [-0.2, 0) is 4.74 Å². The van der Waals surface area contributed by atoms with Crippen molar-refractivity contribution in [3.05, 3.63) is 20.8 Å². The summed E-state index contributed by atoms with van der Waals surface area (Å²) in [6.07, 6.45) is 9.05. The lowest BCUT2D eigenvalue weighted by Gasteiger charge is -2.45. The van der Waals surface area contributed by atoms with Gasteiger partial charge in [0.25, 0.3) is 0 Å². The zero-order valence-electron chi connectivity index (χ0n) is 12.2. The van der Waals surface area contributed by atoms with E-state index in [4.69, 9.17) is 4.74 Å². The minimum atomic E-state index is 0.199. The number of halogens is 1. The van der Waals surface area contributed by atoms with Gasteiger partial charge in [-0.05, 0) is 60.6 Å². The maximum absolute atomic E-state index is 6.24. The molecular formula is C16H24BrNOS. The molecule has 0 aromatic carbocycles. The van der Waals surface area contributed by atoms with Crippen molar-refractivity contribution >= 4 is 27.3 Å². The second-order valence-electron chi connectivity index (χ2n) is 6.28. The molecule has 1 aromatic rings.